The van der Waals surface area contributed by atoms with Crippen molar-refractivity contribution in [2.75, 3.05) is 0 Å². The van der Waals surface area contributed by atoms with Gasteiger partial charge in [-0.15, -0.1) is 0 Å². The number of imidazole rings is 1. The normalized spacial score (nSPS) is 11.5. The smallest absolute Gasteiger partial charge is 0.248 e. The maximum atomic E-state index is 10.7. The Morgan fingerprint density at radius 2 is 1.04 bits per heavy atom. The first-order valence-electron chi connectivity index (χ1n) is 31.3. The van der Waals surface area contributed by atoms with Gasteiger partial charge >= 0.3 is 0 Å². The van der Waals surface area contributed by atoms with Gasteiger partial charge in [0.2, 0.25) is 11.3 Å². The topological polar surface area (TPSA) is 161 Å². The SMILES string of the molecule is CC.CC.CC.CC.CC.CC.CC.CC.CC(C)C1=CC=NC2NC=CN12.CC(C)c1c[nH]c2ncccc12.CC(C)c1cc[nH]c(=O)c1.CC(C)c1ccnc2[nH]ccc12.CC(C)c1ccncc1.CC(C)c1cnc2ncccn12. The fraction of sp³-hybridized carbons (Fsp3) is 0.500. The number of allylic oxidation sites excluding steroid dienone is 2. The van der Waals surface area contributed by atoms with E-state index in [9.17, 15) is 4.79 Å². The number of aromatic nitrogens is 9. The van der Waals surface area contributed by atoms with Gasteiger partial charge in [0.1, 0.15) is 11.3 Å². The molecule has 0 spiro atoms. The van der Waals surface area contributed by atoms with E-state index in [1.165, 1.54) is 38.9 Å². The number of aliphatic imine (C=N–C) groups is 1. The van der Waals surface area contributed by atoms with Gasteiger partial charge in [0.15, 0.2) is 6.29 Å². The first-order valence-corrected chi connectivity index (χ1v) is 31.3. The van der Waals surface area contributed by atoms with E-state index in [1.807, 2.05) is 214 Å². The summed E-state index contributed by atoms with van der Waals surface area (Å²) in [7, 11) is 0. The van der Waals surface area contributed by atoms with E-state index < -0.39 is 0 Å². The van der Waals surface area contributed by atoms with Gasteiger partial charge in [-0.05, 0) is 112 Å². The molecule has 2 aliphatic rings. The average Bonchev–Trinajstić information content (AvgIpc) is 4.55. The van der Waals surface area contributed by atoms with Crippen molar-refractivity contribution in [1.29, 1.82) is 0 Å². The molecule has 13 nitrogen and oxygen atoms in total. The second-order valence-corrected chi connectivity index (χ2v) is 18.1. The Balaban J connectivity index is -0.000000430. The molecule has 0 saturated carbocycles. The predicted octanol–water partition coefficient (Wildman–Crippen LogP) is 20.4. The van der Waals surface area contributed by atoms with Crippen molar-refractivity contribution in [2.45, 2.75) is 230 Å². The van der Waals surface area contributed by atoms with Crippen LogP contribution in [-0.2, 0) is 0 Å². The van der Waals surface area contributed by atoms with Crippen LogP contribution in [0.2, 0.25) is 0 Å². The Labute approximate surface area is 506 Å². The van der Waals surface area contributed by atoms with E-state index in [4.69, 9.17) is 0 Å². The molecule has 0 aromatic carbocycles. The minimum absolute atomic E-state index is 0.0220. The van der Waals surface area contributed by atoms with Gasteiger partial charge in [-0.1, -0.05) is 194 Å². The zero-order valence-corrected chi connectivity index (χ0v) is 57.3. The lowest BCUT2D eigenvalue weighted by Crippen LogP contribution is -2.36. The summed E-state index contributed by atoms with van der Waals surface area (Å²) < 4.78 is 2.02. The first-order chi connectivity index (χ1) is 40.2. The van der Waals surface area contributed by atoms with Crippen molar-refractivity contribution >= 4 is 34.1 Å². The fourth-order valence-corrected chi connectivity index (χ4v) is 7.27. The number of H-pyrrole nitrogens is 3. The van der Waals surface area contributed by atoms with Crippen LogP contribution in [0.4, 0.5) is 0 Å². The highest BCUT2D eigenvalue weighted by Crippen LogP contribution is 2.25. The molecule has 13 heteroatoms. The number of fused-ring (bicyclic) bond motifs is 4. The highest BCUT2D eigenvalue weighted by molar-refractivity contribution is 5.80. The molecule has 0 amide bonds. The predicted molar refractivity (Wildman–Crippen MR) is 367 cm³/mol. The summed E-state index contributed by atoms with van der Waals surface area (Å²) in [6, 6.07) is 17.8. The first kappa shape index (κ1) is 82.3. The zero-order chi connectivity index (χ0) is 64.5. The lowest BCUT2D eigenvalue weighted by molar-refractivity contribution is 0.318. The highest BCUT2D eigenvalue weighted by atomic mass is 16.1. The molecule has 2 aliphatic heterocycles. The Kier molecular flexibility index (Phi) is 51.3. The third-order valence-electron chi connectivity index (χ3n) is 11.1. The quantitative estimate of drug-likeness (QED) is 0.128. The summed E-state index contributed by atoms with van der Waals surface area (Å²) in [6.07, 6.45) is 26.6. The third kappa shape index (κ3) is 30.1. The molecule has 0 bridgehead atoms. The van der Waals surface area contributed by atoms with E-state index in [2.05, 4.69) is 162 Å². The van der Waals surface area contributed by atoms with Crippen molar-refractivity contribution in [3.63, 3.8) is 0 Å². The van der Waals surface area contributed by atoms with Crippen LogP contribution in [0.25, 0.3) is 27.8 Å². The molecular weight excluding hydrogens is 1020 g/mol. The van der Waals surface area contributed by atoms with Crippen molar-refractivity contribution in [1.82, 2.24) is 54.5 Å². The standard InChI is InChI=1S/2C10H12N2.C9H13N3.C9H11N3.C8H11NO.C8H11N.8C2H6/c1-7(2)8-3-5-11-10-9(8)4-6-12-10;1-7(2)9-6-12-10-8(9)4-3-5-11-10;1-7(2)8-3-4-10-9-11-5-6-12(8)9;1-7(2)8-6-11-9-10-4-3-5-12(8)9;1-6(2)7-3-4-9-8(10)5-7;1-7(2)8-3-5-9-6-4-8;8*1-2/h2*3-7H,1-2H3,(H,11,12);3-7,9,11H,1-2H3;3-7H,1-2H3;3-6H,1-2H3,(H,9,10);3-7H,1-2H3;8*1-2H3. The fourth-order valence-electron chi connectivity index (χ4n) is 7.27. The number of rotatable bonds is 6. The van der Waals surface area contributed by atoms with E-state index in [-0.39, 0.29) is 11.8 Å². The van der Waals surface area contributed by atoms with Gasteiger partial charge in [-0.3, -0.25) is 14.2 Å². The zero-order valence-electron chi connectivity index (χ0n) is 57.3. The van der Waals surface area contributed by atoms with Crippen molar-refractivity contribution in [2.24, 2.45) is 10.9 Å². The van der Waals surface area contributed by atoms with Gasteiger partial charge in [0.05, 0.1) is 6.20 Å². The van der Waals surface area contributed by atoms with Crippen LogP contribution in [0, 0.1) is 5.92 Å². The molecule has 0 saturated heterocycles. The van der Waals surface area contributed by atoms with E-state index in [0.29, 0.717) is 35.5 Å². The Hall–Kier alpha value is -7.15. The van der Waals surface area contributed by atoms with Gasteiger partial charge in [-0.2, -0.15) is 0 Å². The minimum atomic E-state index is -0.0220. The lowest BCUT2D eigenvalue weighted by atomic mass is 10.0. The Morgan fingerprint density at radius 3 is 1.55 bits per heavy atom. The largest absolute Gasteiger partial charge is 0.351 e. The molecule has 1 unspecified atom stereocenters. The molecule has 8 aromatic heterocycles. The molecule has 1 atom stereocenters. The number of aromatic amines is 3. The van der Waals surface area contributed by atoms with Gasteiger partial charge < -0.3 is 25.2 Å². The van der Waals surface area contributed by atoms with Crippen LogP contribution < -0.4 is 10.9 Å². The Bertz CT molecular complexity index is 2780. The molecule has 83 heavy (non-hydrogen) atoms. The third-order valence-corrected chi connectivity index (χ3v) is 11.1. The molecule has 8 aromatic rings. The molecule has 4 N–H and O–H groups in total. The second-order valence-electron chi connectivity index (χ2n) is 18.1. The molecule has 10 heterocycles. The maximum absolute atomic E-state index is 10.7. The van der Waals surface area contributed by atoms with E-state index >= 15 is 0 Å². The summed E-state index contributed by atoms with van der Waals surface area (Å²) >= 11 is 0. The van der Waals surface area contributed by atoms with Crippen molar-refractivity contribution in [3.05, 3.63) is 179 Å². The number of hydrogen-bond acceptors (Lipinski definition) is 9. The highest BCUT2D eigenvalue weighted by Gasteiger charge is 2.24. The Morgan fingerprint density at radius 1 is 0.494 bits per heavy atom. The number of nitrogens with zero attached hydrogens (tertiary/aromatic N) is 8. The van der Waals surface area contributed by atoms with Gasteiger partial charge in [0, 0.05) is 103 Å². The van der Waals surface area contributed by atoms with Crippen LogP contribution in [0.1, 0.15) is 251 Å². The summed E-state index contributed by atoms with van der Waals surface area (Å²) in [5.74, 6) is 3.98. The minimum Gasteiger partial charge on any atom is -0.351 e. The molecular formula is C70H118N12O. The number of pyridine rings is 4. The van der Waals surface area contributed by atoms with Crippen LogP contribution in [-0.4, -0.2) is 61.7 Å². The summed E-state index contributed by atoms with van der Waals surface area (Å²) in [5, 5.41) is 5.64. The van der Waals surface area contributed by atoms with Crippen molar-refractivity contribution in [3.8, 4) is 0 Å². The molecule has 0 aliphatic carbocycles. The maximum Gasteiger partial charge on any atom is 0.248 e. The average molecular weight is 1140 g/mol. The van der Waals surface area contributed by atoms with E-state index in [0.717, 1.165) is 22.6 Å². The van der Waals surface area contributed by atoms with E-state index in [1.54, 1.807) is 18.5 Å². The van der Waals surface area contributed by atoms with Crippen molar-refractivity contribution < 1.29 is 0 Å². The molecule has 0 fully saturated rings. The summed E-state index contributed by atoms with van der Waals surface area (Å²) in [5.41, 5.74) is 9.62. The second kappa shape index (κ2) is 51.7. The van der Waals surface area contributed by atoms with Gasteiger partial charge in [-0.25, -0.2) is 24.9 Å². The van der Waals surface area contributed by atoms with Crippen LogP contribution in [0.5, 0.6) is 0 Å². The summed E-state index contributed by atoms with van der Waals surface area (Å²) in [4.78, 5) is 46.7. The van der Waals surface area contributed by atoms with Crippen LogP contribution in [0.15, 0.2) is 151 Å². The molecule has 0 radical (unpaired) electrons. The number of hydrogen-bond donors (Lipinski definition) is 4. The van der Waals surface area contributed by atoms with Gasteiger partial charge in [0.25, 0.3) is 0 Å². The van der Waals surface area contributed by atoms with Crippen LogP contribution in [0.3, 0.4) is 0 Å². The molecule has 464 valence electrons. The molecule has 10 rings (SSSR count). The monoisotopic (exact) mass is 1140 g/mol. The van der Waals surface area contributed by atoms with Crippen LogP contribution >= 0.6 is 0 Å². The summed E-state index contributed by atoms with van der Waals surface area (Å²) in [6.45, 7) is 57.9. The number of nitrogens with one attached hydrogen (secondary N) is 4. The lowest BCUT2D eigenvalue weighted by Gasteiger charge is -2.29.